The number of halogens is 3. The molecular weight excluding hydrogens is 998 g/mol. The predicted octanol–water partition coefficient (Wildman–Crippen LogP) is 9.82. The third kappa shape index (κ3) is 11.6. The van der Waals surface area contributed by atoms with Gasteiger partial charge >= 0.3 is 29.4 Å². The number of carboxylic acid groups (broad SMARTS) is 1. The van der Waals surface area contributed by atoms with Crippen LogP contribution in [0.5, 0.6) is 23.0 Å². The summed E-state index contributed by atoms with van der Waals surface area (Å²) >= 11 is 0. The lowest BCUT2D eigenvalue weighted by Gasteiger charge is -2.14. The maximum atomic E-state index is 13.6. The molecule has 0 amide bonds. The molecule has 2 aromatic heterocycles. The molecule has 15 nitrogen and oxygen atoms in total. The molecule has 9 aromatic rings. The topological polar surface area (TPSA) is 222 Å². The monoisotopic (exact) mass is 1040 g/mol. The van der Waals surface area contributed by atoms with Crippen LogP contribution in [0.4, 0.5) is 13.2 Å². The van der Waals surface area contributed by atoms with Crippen molar-refractivity contribution in [1.82, 2.24) is 0 Å². The van der Waals surface area contributed by atoms with Crippen molar-refractivity contribution < 1.29 is 84.0 Å². The molecule has 0 radical (unpaired) electrons. The number of phenols is 2. The highest BCUT2D eigenvalue weighted by molar-refractivity contribution is 7.86. The standard InChI is InChI=1S/C31H25NO5.C24H19NO5.CHF3O3S/c1-19-15-22(30(34)36-18-21-9-5-4-6-10-21)16-20(2)29(19)37-31(35)28-24-11-7-8-12-26(24)32(3)27-14-13-23(33)17-25(27)28;1-13-10-15(23(27)28)11-14(2)22(13)30-24(29)21-17-6-4-5-7-19(17)25(3)20-9-8-16(26)12-18(20)21;2-1(3,4)8(5,6)7/h4-17H,18H2,1-3H3;4-12H,1-3H3,(H-,26,27,28,29);(H,5,6,7)/p+1. The summed E-state index contributed by atoms with van der Waals surface area (Å²) in [4.78, 5) is 51.0. The molecule has 0 atom stereocenters. The Morgan fingerprint density at radius 1 is 0.533 bits per heavy atom. The van der Waals surface area contributed by atoms with Gasteiger partial charge in [-0.25, -0.2) is 27.6 Å². The lowest BCUT2D eigenvalue weighted by Crippen LogP contribution is -2.31. The third-order valence-electron chi connectivity index (χ3n) is 12.0. The maximum Gasteiger partial charge on any atom is 0.485 e. The van der Waals surface area contributed by atoms with E-state index in [1.165, 1.54) is 12.1 Å². The van der Waals surface area contributed by atoms with Gasteiger partial charge in [-0.3, -0.25) is 0 Å². The van der Waals surface area contributed by atoms with E-state index in [1.807, 2.05) is 102 Å². The number of alkyl halides is 3. The molecule has 0 saturated heterocycles. The van der Waals surface area contributed by atoms with Crippen LogP contribution in [-0.4, -0.2) is 57.7 Å². The van der Waals surface area contributed by atoms with E-state index in [-0.39, 0.29) is 23.7 Å². The fourth-order valence-electron chi connectivity index (χ4n) is 8.54. The SMILES string of the molecule is Cc1cc(C(=O)O)cc(C)c1OC(=O)c1c2ccccc2[n+](C)c2ccc(O)cc12.Cc1cc(C(=O)OCc2ccccc2)cc(C)c1OC(=O)c1c2ccccc2[n+](C)c2ccc(O)cc12.O=S(=O)([O-])C(F)(F)F. The number of carbonyl (C=O) groups excluding carboxylic acids is 3. The Balaban J connectivity index is 0.000000194. The average Bonchev–Trinajstić information content (AvgIpc) is 3.35. The highest BCUT2D eigenvalue weighted by atomic mass is 32.2. The minimum absolute atomic E-state index is 0.0463. The summed E-state index contributed by atoms with van der Waals surface area (Å²) in [5, 5.41) is 32.0. The number of fused-ring (bicyclic) bond motifs is 4. The van der Waals surface area contributed by atoms with Gasteiger partial charge < -0.3 is 34.1 Å². The first-order valence-electron chi connectivity index (χ1n) is 22.6. The van der Waals surface area contributed by atoms with E-state index in [0.717, 1.165) is 27.6 Å². The van der Waals surface area contributed by atoms with Crippen molar-refractivity contribution >= 4 is 77.6 Å². The van der Waals surface area contributed by atoms with Crippen LogP contribution in [0, 0.1) is 27.7 Å². The van der Waals surface area contributed by atoms with Gasteiger partial charge in [-0.15, -0.1) is 0 Å². The molecule has 0 bridgehead atoms. The van der Waals surface area contributed by atoms with Gasteiger partial charge in [-0.1, -0.05) is 54.6 Å². The van der Waals surface area contributed by atoms with Crippen LogP contribution in [0.25, 0.3) is 43.6 Å². The molecule has 0 saturated carbocycles. The normalized spacial score (nSPS) is 11.3. The number of phenolic OH excluding ortho intramolecular Hbond substituents is 2. The molecule has 0 aliphatic rings. The number of benzene rings is 7. The molecule has 9 rings (SSSR count). The lowest BCUT2D eigenvalue weighted by atomic mass is 10.0. The Morgan fingerprint density at radius 2 is 0.893 bits per heavy atom. The fourth-order valence-corrected chi connectivity index (χ4v) is 8.54. The second-order valence-corrected chi connectivity index (χ2v) is 18.6. The number of carbonyl (C=O) groups is 4. The molecule has 0 fully saturated rings. The van der Waals surface area contributed by atoms with Crippen molar-refractivity contribution in [2.75, 3.05) is 0 Å². The fraction of sp³-hybridized carbons (Fsp3) is 0.143. The summed E-state index contributed by atoms with van der Waals surface area (Å²) in [5.41, 5.74) is 2.13. The van der Waals surface area contributed by atoms with Crippen molar-refractivity contribution in [3.8, 4) is 23.0 Å². The van der Waals surface area contributed by atoms with Crippen molar-refractivity contribution in [1.29, 1.82) is 0 Å². The smallest absolute Gasteiger partial charge is 0.485 e. The van der Waals surface area contributed by atoms with Gasteiger partial charge in [-0.2, -0.15) is 22.3 Å². The summed E-state index contributed by atoms with van der Waals surface area (Å²) in [6, 6.07) is 40.6. The second-order valence-electron chi connectivity index (χ2n) is 17.2. The van der Waals surface area contributed by atoms with Crippen LogP contribution in [0.2, 0.25) is 0 Å². The molecule has 19 heteroatoms. The zero-order valence-corrected chi connectivity index (χ0v) is 41.7. The molecule has 2 heterocycles. The summed E-state index contributed by atoms with van der Waals surface area (Å²) in [6.45, 7) is 7.16. The van der Waals surface area contributed by atoms with Crippen molar-refractivity contribution in [2.24, 2.45) is 14.1 Å². The van der Waals surface area contributed by atoms with E-state index >= 15 is 0 Å². The molecular formula is C56H46F3N2O13S+. The summed E-state index contributed by atoms with van der Waals surface area (Å²) < 4.78 is 80.0. The van der Waals surface area contributed by atoms with Crippen LogP contribution in [-0.2, 0) is 35.6 Å². The largest absolute Gasteiger partial charge is 0.741 e. The van der Waals surface area contributed by atoms with Crippen LogP contribution >= 0.6 is 0 Å². The summed E-state index contributed by atoms with van der Waals surface area (Å²) in [5.74, 6) is -1.79. The number of esters is 3. The predicted molar refractivity (Wildman–Crippen MR) is 269 cm³/mol. The first-order valence-corrected chi connectivity index (χ1v) is 24.0. The molecule has 0 aliphatic heterocycles. The van der Waals surface area contributed by atoms with Crippen molar-refractivity contribution in [2.45, 2.75) is 39.8 Å². The number of aryl methyl sites for hydroxylation is 6. The Kier molecular flexibility index (Phi) is 15.5. The minimum atomic E-state index is -6.09. The minimum Gasteiger partial charge on any atom is -0.741 e. The van der Waals surface area contributed by atoms with Crippen molar-refractivity contribution in [3.05, 3.63) is 190 Å². The van der Waals surface area contributed by atoms with E-state index in [2.05, 4.69) is 0 Å². The number of aromatic carboxylic acids is 1. The third-order valence-corrected chi connectivity index (χ3v) is 12.6. The van der Waals surface area contributed by atoms with Gasteiger partial charge in [0.15, 0.2) is 10.1 Å². The number of pyridine rings is 2. The van der Waals surface area contributed by atoms with E-state index in [1.54, 1.807) is 76.2 Å². The number of hydrogen-bond acceptors (Lipinski definition) is 12. The number of rotatable bonds is 8. The van der Waals surface area contributed by atoms with Gasteiger partial charge in [0.05, 0.1) is 43.8 Å². The number of hydrogen-bond donors (Lipinski definition) is 3. The van der Waals surface area contributed by atoms with E-state index < -0.39 is 39.5 Å². The molecule has 7 aromatic carbocycles. The van der Waals surface area contributed by atoms with Gasteiger partial charge in [0.25, 0.3) is 0 Å². The molecule has 0 spiro atoms. The Morgan fingerprint density at radius 3 is 1.28 bits per heavy atom. The number of aromatic nitrogens is 2. The van der Waals surface area contributed by atoms with E-state index in [9.17, 15) is 47.7 Å². The van der Waals surface area contributed by atoms with Gasteiger partial charge in [-0.05, 0) is 116 Å². The molecule has 3 N–H and O–H groups in total. The number of carboxylic acids is 1. The Hall–Kier alpha value is -8.94. The number of aromatic hydroxyl groups is 2. The van der Waals surface area contributed by atoms with Gasteiger partial charge in [0, 0.05) is 24.3 Å². The van der Waals surface area contributed by atoms with E-state index in [4.69, 9.17) is 27.2 Å². The van der Waals surface area contributed by atoms with Crippen LogP contribution in [0.15, 0.2) is 140 Å². The highest BCUT2D eigenvalue weighted by Crippen LogP contribution is 2.34. The molecule has 0 aliphatic carbocycles. The van der Waals surface area contributed by atoms with Gasteiger partial charge in [0.2, 0.25) is 22.1 Å². The Bertz CT molecular complexity index is 3840. The average molecular weight is 1040 g/mol. The van der Waals surface area contributed by atoms with Crippen LogP contribution in [0.3, 0.4) is 0 Å². The molecule has 75 heavy (non-hydrogen) atoms. The van der Waals surface area contributed by atoms with Crippen LogP contribution < -0.4 is 18.6 Å². The summed E-state index contributed by atoms with van der Waals surface area (Å²) in [7, 11) is -2.27. The van der Waals surface area contributed by atoms with Gasteiger partial charge in [0.1, 0.15) is 43.7 Å². The maximum absolute atomic E-state index is 13.6. The first-order chi connectivity index (χ1) is 35.4. The van der Waals surface area contributed by atoms with E-state index in [0.29, 0.717) is 72.0 Å². The summed E-state index contributed by atoms with van der Waals surface area (Å²) in [6.07, 6.45) is 0. The first kappa shape index (κ1) is 53.8. The lowest BCUT2D eigenvalue weighted by molar-refractivity contribution is -0.617. The van der Waals surface area contributed by atoms with Crippen molar-refractivity contribution in [3.63, 3.8) is 0 Å². The van der Waals surface area contributed by atoms with Crippen LogP contribution in [0.1, 0.15) is 69.2 Å². The number of ether oxygens (including phenoxy) is 3. The number of nitrogens with zero attached hydrogens (tertiary/aromatic N) is 2. The highest BCUT2D eigenvalue weighted by Gasteiger charge is 2.37. The molecule has 0 unspecified atom stereocenters. The zero-order chi connectivity index (χ0) is 54.7. The molecule has 384 valence electrons. The zero-order valence-electron chi connectivity index (χ0n) is 40.8. The second kappa shape index (κ2) is 21.6. The Labute approximate surface area is 426 Å². The number of para-hydroxylation sites is 2. The quantitative estimate of drug-likeness (QED) is 0.0322.